The number of hydrogen-bond donors (Lipinski definition) is 2. The molecule has 0 bridgehead atoms. The van der Waals surface area contributed by atoms with Gasteiger partial charge in [0.1, 0.15) is 6.61 Å². The van der Waals surface area contributed by atoms with E-state index in [-0.39, 0.29) is 52.4 Å². The Morgan fingerprint density at radius 1 is 1.11 bits per heavy atom. The fourth-order valence-electron chi connectivity index (χ4n) is 7.70. The fourth-order valence-corrected chi connectivity index (χ4v) is 7.70. The smallest absolute Gasteiger partial charge is 0.331 e. The molecule has 0 aromatic rings. The predicted octanol–water partition coefficient (Wildman–Crippen LogP) is 2.56. The van der Waals surface area contributed by atoms with Crippen LogP contribution in [-0.4, -0.2) is 40.8 Å². The number of fused-ring (bicyclic) bond motifs is 5. The Kier molecular flexibility index (Phi) is 3.99. The number of carbonyl (C=O) groups excluding carboxylic acids is 2. The Morgan fingerprint density at radius 2 is 1.89 bits per heavy atom. The molecule has 5 rings (SSSR count). The van der Waals surface area contributed by atoms with Crippen molar-refractivity contribution in [2.24, 2.45) is 34.5 Å². The molecule has 0 aromatic carbocycles. The largest absolute Gasteiger partial charge is 0.458 e. The van der Waals surface area contributed by atoms with E-state index in [1.165, 1.54) is 0 Å². The van der Waals surface area contributed by atoms with Crippen molar-refractivity contribution in [2.75, 3.05) is 6.61 Å². The van der Waals surface area contributed by atoms with E-state index in [1.807, 2.05) is 0 Å². The Hall–Kier alpha value is -1.46. The number of aliphatic hydroxyl groups excluding tert-OH is 2. The minimum Gasteiger partial charge on any atom is -0.458 e. The maximum Gasteiger partial charge on any atom is 0.331 e. The van der Waals surface area contributed by atoms with Gasteiger partial charge >= 0.3 is 5.97 Å². The second-order valence-corrected chi connectivity index (χ2v) is 10.3. The molecule has 1 aliphatic heterocycles. The zero-order valence-corrected chi connectivity index (χ0v) is 16.7. The van der Waals surface area contributed by atoms with Crippen LogP contribution in [0.3, 0.4) is 0 Å². The number of rotatable bonds is 1. The second-order valence-electron chi connectivity index (χ2n) is 10.3. The second kappa shape index (κ2) is 6.02. The number of cyclic esters (lactones) is 1. The molecule has 4 aliphatic carbocycles. The van der Waals surface area contributed by atoms with Gasteiger partial charge in [-0.1, -0.05) is 19.4 Å². The van der Waals surface area contributed by atoms with E-state index in [1.54, 1.807) is 12.2 Å². The van der Waals surface area contributed by atoms with Gasteiger partial charge in [-0.05, 0) is 72.8 Å². The SMILES string of the molecule is C[C@]12C[C@@H](O)[C@H]3[C@@H](C(=O)C=C4C[C@@H](O)CC[C@@]43C)[C@@H]1CC[C@@H]2C1=CC(=O)OC1. The lowest BCUT2D eigenvalue weighted by Crippen LogP contribution is -2.58. The zero-order chi connectivity index (χ0) is 19.8. The molecule has 5 aliphatic rings. The van der Waals surface area contributed by atoms with Crippen molar-refractivity contribution in [2.45, 2.75) is 64.6 Å². The van der Waals surface area contributed by atoms with Gasteiger partial charge in [-0.15, -0.1) is 0 Å². The molecule has 0 radical (unpaired) electrons. The summed E-state index contributed by atoms with van der Waals surface area (Å²) < 4.78 is 5.16. The Morgan fingerprint density at radius 3 is 2.61 bits per heavy atom. The Labute approximate surface area is 165 Å². The highest BCUT2D eigenvalue weighted by atomic mass is 16.5. The van der Waals surface area contributed by atoms with Gasteiger partial charge in [0.2, 0.25) is 0 Å². The van der Waals surface area contributed by atoms with Crippen LogP contribution in [0, 0.1) is 34.5 Å². The average Bonchev–Trinajstić information content (AvgIpc) is 3.18. The molecule has 28 heavy (non-hydrogen) atoms. The first-order chi connectivity index (χ1) is 13.2. The Balaban J connectivity index is 1.54. The molecule has 5 heteroatoms. The number of carbonyl (C=O) groups is 2. The summed E-state index contributed by atoms with van der Waals surface area (Å²) in [5.74, 6) is 0.0390. The van der Waals surface area contributed by atoms with Gasteiger partial charge in [-0.25, -0.2) is 4.79 Å². The molecule has 3 fully saturated rings. The first-order valence-electron chi connectivity index (χ1n) is 10.7. The third-order valence-corrected chi connectivity index (χ3v) is 8.99. The molecule has 0 aromatic heterocycles. The van der Waals surface area contributed by atoms with E-state index >= 15 is 0 Å². The minimum atomic E-state index is -0.543. The number of allylic oxidation sites excluding steroid dienone is 1. The highest BCUT2D eigenvalue weighted by Gasteiger charge is 2.64. The quantitative estimate of drug-likeness (QED) is 0.677. The molecule has 2 N–H and O–H groups in total. The predicted molar refractivity (Wildman–Crippen MR) is 102 cm³/mol. The number of esters is 1. The van der Waals surface area contributed by atoms with Crippen LogP contribution < -0.4 is 0 Å². The maximum absolute atomic E-state index is 13.3. The average molecular weight is 386 g/mol. The summed E-state index contributed by atoms with van der Waals surface area (Å²) in [6, 6.07) is 0. The summed E-state index contributed by atoms with van der Waals surface area (Å²) >= 11 is 0. The summed E-state index contributed by atoms with van der Waals surface area (Å²) in [6.07, 6.45) is 7.17. The van der Waals surface area contributed by atoms with Crippen molar-refractivity contribution in [1.29, 1.82) is 0 Å². The van der Waals surface area contributed by atoms with Crippen LogP contribution >= 0.6 is 0 Å². The summed E-state index contributed by atoms with van der Waals surface area (Å²) in [5, 5.41) is 21.5. The summed E-state index contributed by atoms with van der Waals surface area (Å²) in [4.78, 5) is 24.9. The number of ketones is 1. The molecule has 1 heterocycles. The van der Waals surface area contributed by atoms with Gasteiger partial charge in [0.15, 0.2) is 5.78 Å². The van der Waals surface area contributed by atoms with Gasteiger partial charge < -0.3 is 14.9 Å². The molecule has 8 atom stereocenters. The highest BCUT2D eigenvalue weighted by molar-refractivity contribution is 5.94. The van der Waals surface area contributed by atoms with Crippen molar-refractivity contribution in [3.05, 3.63) is 23.3 Å². The molecular formula is C23H30O5. The lowest BCUT2D eigenvalue weighted by atomic mass is 9.46. The topological polar surface area (TPSA) is 83.8 Å². The lowest BCUT2D eigenvalue weighted by Gasteiger charge is -2.58. The van der Waals surface area contributed by atoms with Crippen molar-refractivity contribution in [3.63, 3.8) is 0 Å². The molecular weight excluding hydrogens is 356 g/mol. The van der Waals surface area contributed by atoms with Crippen LogP contribution in [0.5, 0.6) is 0 Å². The normalized spacial score (nSPS) is 50.3. The number of aliphatic hydroxyl groups is 2. The van der Waals surface area contributed by atoms with E-state index in [9.17, 15) is 19.8 Å². The first-order valence-corrected chi connectivity index (χ1v) is 10.7. The van der Waals surface area contributed by atoms with Gasteiger partial charge in [0.05, 0.1) is 12.2 Å². The van der Waals surface area contributed by atoms with Crippen LogP contribution in [0.2, 0.25) is 0 Å². The molecule has 0 saturated heterocycles. The van der Waals surface area contributed by atoms with E-state index in [4.69, 9.17) is 4.74 Å². The molecule has 0 unspecified atom stereocenters. The van der Waals surface area contributed by atoms with Crippen LogP contribution in [0.15, 0.2) is 23.3 Å². The van der Waals surface area contributed by atoms with E-state index in [2.05, 4.69) is 13.8 Å². The summed E-state index contributed by atoms with van der Waals surface area (Å²) in [6.45, 7) is 4.75. The molecule has 152 valence electrons. The Bertz CT molecular complexity index is 797. The molecule has 0 spiro atoms. The van der Waals surface area contributed by atoms with Crippen molar-refractivity contribution in [3.8, 4) is 0 Å². The summed E-state index contributed by atoms with van der Waals surface area (Å²) in [7, 11) is 0. The highest BCUT2D eigenvalue weighted by Crippen LogP contribution is 2.66. The van der Waals surface area contributed by atoms with Crippen LogP contribution in [0.4, 0.5) is 0 Å². The van der Waals surface area contributed by atoms with Gasteiger partial charge in [0.25, 0.3) is 0 Å². The van der Waals surface area contributed by atoms with Crippen molar-refractivity contribution < 1.29 is 24.5 Å². The molecule has 0 amide bonds. The van der Waals surface area contributed by atoms with Gasteiger partial charge in [-0.3, -0.25) is 4.79 Å². The number of ether oxygens (including phenoxy) is 1. The van der Waals surface area contributed by atoms with Gasteiger partial charge in [-0.2, -0.15) is 0 Å². The van der Waals surface area contributed by atoms with E-state index in [0.29, 0.717) is 19.4 Å². The van der Waals surface area contributed by atoms with Crippen LogP contribution in [0.1, 0.15) is 52.4 Å². The monoisotopic (exact) mass is 386 g/mol. The lowest BCUT2D eigenvalue weighted by molar-refractivity contribution is -0.151. The third-order valence-electron chi connectivity index (χ3n) is 8.99. The third kappa shape index (κ3) is 2.38. The van der Waals surface area contributed by atoms with E-state index in [0.717, 1.165) is 36.8 Å². The zero-order valence-electron chi connectivity index (χ0n) is 16.7. The fraction of sp³-hybridized carbons (Fsp3) is 0.739. The van der Waals surface area contributed by atoms with E-state index < -0.39 is 6.10 Å². The van der Waals surface area contributed by atoms with Crippen LogP contribution in [0.25, 0.3) is 0 Å². The number of hydrogen-bond acceptors (Lipinski definition) is 5. The van der Waals surface area contributed by atoms with Crippen molar-refractivity contribution in [1.82, 2.24) is 0 Å². The molecule has 3 saturated carbocycles. The van der Waals surface area contributed by atoms with Gasteiger partial charge in [0, 0.05) is 17.9 Å². The molecule has 5 nitrogen and oxygen atoms in total. The maximum atomic E-state index is 13.3. The minimum absolute atomic E-state index is 0.0697. The van der Waals surface area contributed by atoms with Crippen molar-refractivity contribution >= 4 is 11.8 Å². The standard InChI is InChI=1S/C23H30O5/c1-22-6-5-14(24)8-13(22)9-17(25)20-16-4-3-15(12-7-19(27)28-11-12)23(16,2)10-18(26)21(20)22/h7,9,14-16,18,20-21,24,26H,3-6,8,10-11H2,1-2H3/t14-,15+,16-,18+,20+,21-,22-,23+/m0/s1. The summed E-state index contributed by atoms with van der Waals surface area (Å²) in [5.41, 5.74) is 1.67. The first kappa shape index (κ1) is 18.6. The van der Waals surface area contributed by atoms with Crippen LogP contribution in [-0.2, 0) is 14.3 Å².